The number of carbonyl (C=O) groups is 1. The van der Waals surface area contributed by atoms with Crippen LogP contribution in [-0.4, -0.2) is 16.1 Å². The quantitative estimate of drug-likeness (QED) is 0.591. The highest BCUT2D eigenvalue weighted by Gasteiger charge is 2.26. The molecule has 0 atom stereocenters. The van der Waals surface area contributed by atoms with Gasteiger partial charge in [0.05, 0.1) is 11.1 Å². The van der Waals surface area contributed by atoms with Crippen LogP contribution in [0.15, 0.2) is 16.7 Å². The predicted molar refractivity (Wildman–Crippen MR) is 75.6 cm³/mol. The summed E-state index contributed by atoms with van der Waals surface area (Å²) in [5.41, 5.74) is -0.707. The molecule has 0 fully saturated rings. The van der Waals surface area contributed by atoms with E-state index in [4.69, 9.17) is 0 Å². The van der Waals surface area contributed by atoms with E-state index in [9.17, 15) is 18.0 Å². The predicted octanol–water partition coefficient (Wildman–Crippen LogP) is 4.30. The molecule has 2 rings (SSSR count). The second kappa shape index (κ2) is 5.29. The first kappa shape index (κ1) is 15.8. The van der Waals surface area contributed by atoms with E-state index in [2.05, 4.69) is 21.0 Å². The van der Waals surface area contributed by atoms with Crippen LogP contribution in [0.1, 0.15) is 31.1 Å². The van der Waals surface area contributed by atoms with Gasteiger partial charge in [0, 0.05) is 5.56 Å². The van der Waals surface area contributed by atoms with E-state index in [0.29, 0.717) is 10.9 Å². The van der Waals surface area contributed by atoms with Crippen LogP contribution in [0.4, 0.5) is 13.2 Å². The van der Waals surface area contributed by atoms with Crippen LogP contribution >= 0.6 is 15.9 Å². The van der Waals surface area contributed by atoms with Crippen LogP contribution in [-0.2, 0) is 5.54 Å². The molecule has 112 valence electrons. The third-order valence-corrected chi connectivity index (χ3v) is 3.67. The number of halogens is 4. The minimum Gasteiger partial charge on any atom is -0.298 e. The van der Waals surface area contributed by atoms with Crippen LogP contribution in [0.5, 0.6) is 0 Å². The fourth-order valence-corrected chi connectivity index (χ4v) is 2.76. The lowest BCUT2D eigenvalue weighted by Crippen LogP contribution is -2.23. The number of rotatable bonds is 2. The van der Waals surface area contributed by atoms with Gasteiger partial charge in [0.1, 0.15) is 10.3 Å². The molecular formula is C14H12BrF3N2O. The number of hydrogen-bond acceptors (Lipinski definition) is 2. The van der Waals surface area contributed by atoms with Gasteiger partial charge in [-0.25, -0.2) is 13.2 Å². The molecule has 21 heavy (non-hydrogen) atoms. The summed E-state index contributed by atoms with van der Waals surface area (Å²) in [4.78, 5) is 11.3. The van der Waals surface area contributed by atoms with Crippen LogP contribution in [0.25, 0.3) is 11.3 Å². The molecule has 1 aromatic heterocycles. The first-order chi connectivity index (χ1) is 9.68. The van der Waals surface area contributed by atoms with Crippen molar-refractivity contribution in [2.45, 2.75) is 26.3 Å². The van der Waals surface area contributed by atoms with E-state index >= 15 is 0 Å². The Balaban J connectivity index is 2.76. The molecule has 0 saturated carbocycles. The van der Waals surface area contributed by atoms with Crippen LogP contribution in [0.2, 0.25) is 0 Å². The van der Waals surface area contributed by atoms with E-state index in [0.717, 1.165) is 12.1 Å². The Bertz CT molecular complexity index is 720. The Morgan fingerprint density at radius 1 is 1.19 bits per heavy atom. The highest BCUT2D eigenvalue weighted by molar-refractivity contribution is 9.10. The molecule has 0 spiro atoms. The van der Waals surface area contributed by atoms with Gasteiger partial charge in [0.2, 0.25) is 0 Å². The Labute approximate surface area is 127 Å². The van der Waals surface area contributed by atoms with Crippen molar-refractivity contribution in [3.8, 4) is 11.3 Å². The highest BCUT2D eigenvalue weighted by atomic mass is 79.9. The number of aldehydes is 1. The standard InChI is InChI=1S/C14H12BrF3N2O/c1-14(2,3)20-13(15)8(6-21)12(19-20)7-4-5-9(16)11(18)10(7)17/h4-6H,1-3H3. The molecule has 0 saturated heterocycles. The molecule has 0 aliphatic carbocycles. The molecule has 0 unspecified atom stereocenters. The fraction of sp³-hybridized carbons (Fsp3) is 0.286. The van der Waals surface area contributed by atoms with Crippen LogP contribution < -0.4 is 0 Å². The Hall–Kier alpha value is -1.63. The van der Waals surface area contributed by atoms with Crippen molar-refractivity contribution in [3.05, 3.63) is 39.8 Å². The van der Waals surface area contributed by atoms with Gasteiger partial charge < -0.3 is 0 Å². The van der Waals surface area contributed by atoms with Gasteiger partial charge in [0.25, 0.3) is 0 Å². The maximum atomic E-state index is 13.9. The first-order valence-electron chi connectivity index (χ1n) is 6.06. The number of hydrogen-bond donors (Lipinski definition) is 0. The van der Waals surface area contributed by atoms with Crippen molar-refractivity contribution < 1.29 is 18.0 Å². The number of carbonyl (C=O) groups excluding carboxylic acids is 1. The molecule has 2 aromatic rings. The largest absolute Gasteiger partial charge is 0.298 e. The molecule has 1 aromatic carbocycles. The van der Waals surface area contributed by atoms with Crippen molar-refractivity contribution >= 4 is 22.2 Å². The van der Waals surface area contributed by atoms with Crippen LogP contribution in [0, 0.1) is 17.5 Å². The van der Waals surface area contributed by atoms with E-state index in [-0.39, 0.29) is 16.8 Å². The summed E-state index contributed by atoms with van der Waals surface area (Å²) in [6, 6.07) is 1.86. The Kier molecular flexibility index (Phi) is 3.97. The zero-order valence-corrected chi connectivity index (χ0v) is 13.1. The molecule has 0 radical (unpaired) electrons. The summed E-state index contributed by atoms with van der Waals surface area (Å²) in [6.07, 6.45) is 0.495. The first-order valence-corrected chi connectivity index (χ1v) is 6.85. The summed E-state index contributed by atoms with van der Waals surface area (Å²) in [5, 5.41) is 4.16. The second-order valence-corrected chi connectivity index (χ2v) is 6.23. The lowest BCUT2D eigenvalue weighted by molar-refractivity contribution is 0.112. The van der Waals surface area contributed by atoms with E-state index in [1.165, 1.54) is 4.68 Å². The molecule has 0 aliphatic rings. The average Bonchev–Trinajstić information content (AvgIpc) is 2.73. The van der Waals surface area contributed by atoms with Gasteiger partial charge in [-0.1, -0.05) is 0 Å². The Morgan fingerprint density at radius 2 is 1.81 bits per heavy atom. The van der Waals surface area contributed by atoms with Gasteiger partial charge in [-0.3, -0.25) is 9.48 Å². The molecular weight excluding hydrogens is 349 g/mol. The SMILES string of the molecule is CC(C)(C)n1nc(-c2ccc(F)c(F)c2F)c(C=O)c1Br. The summed E-state index contributed by atoms with van der Waals surface area (Å²) < 4.78 is 42.1. The number of aromatic nitrogens is 2. The van der Waals surface area contributed by atoms with Crippen LogP contribution in [0.3, 0.4) is 0 Å². The minimum atomic E-state index is -1.59. The minimum absolute atomic E-state index is 0.0387. The average molecular weight is 361 g/mol. The normalized spacial score (nSPS) is 11.8. The van der Waals surface area contributed by atoms with E-state index in [1.807, 2.05) is 20.8 Å². The third-order valence-electron chi connectivity index (χ3n) is 2.91. The summed E-state index contributed by atoms with van der Waals surface area (Å²) >= 11 is 3.23. The molecule has 0 N–H and O–H groups in total. The third kappa shape index (κ3) is 2.62. The monoisotopic (exact) mass is 360 g/mol. The molecule has 3 nitrogen and oxygen atoms in total. The van der Waals surface area contributed by atoms with Gasteiger partial charge >= 0.3 is 0 Å². The topological polar surface area (TPSA) is 34.9 Å². The van der Waals surface area contributed by atoms with E-state index < -0.39 is 23.0 Å². The number of benzene rings is 1. The van der Waals surface area contributed by atoms with Crippen molar-refractivity contribution in [3.63, 3.8) is 0 Å². The van der Waals surface area contributed by atoms with Crippen molar-refractivity contribution in [1.29, 1.82) is 0 Å². The zero-order valence-electron chi connectivity index (χ0n) is 11.5. The smallest absolute Gasteiger partial charge is 0.195 e. The maximum Gasteiger partial charge on any atom is 0.195 e. The summed E-state index contributed by atoms with van der Waals surface area (Å²) in [7, 11) is 0. The molecule has 0 aliphatic heterocycles. The summed E-state index contributed by atoms with van der Waals surface area (Å²) in [6.45, 7) is 5.51. The highest BCUT2D eigenvalue weighted by Crippen LogP contribution is 2.33. The fourth-order valence-electron chi connectivity index (χ4n) is 1.87. The second-order valence-electron chi connectivity index (χ2n) is 5.48. The van der Waals surface area contributed by atoms with Gasteiger partial charge in [-0.2, -0.15) is 5.10 Å². The summed E-state index contributed by atoms with van der Waals surface area (Å²) in [5.74, 6) is -4.26. The zero-order chi connectivity index (χ0) is 15.9. The van der Waals surface area contributed by atoms with Gasteiger partial charge in [-0.05, 0) is 48.8 Å². The van der Waals surface area contributed by atoms with Gasteiger partial charge in [-0.15, -0.1) is 0 Å². The lowest BCUT2D eigenvalue weighted by atomic mass is 10.1. The lowest BCUT2D eigenvalue weighted by Gasteiger charge is -2.20. The van der Waals surface area contributed by atoms with E-state index in [1.54, 1.807) is 0 Å². The molecule has 0 bridgehead atoms. The molecule has 0 amide bonds. The maximum absolute atomic E-state index is 13.9. The van der Waals surface area contributed by atoms with Crippen molar-refractivity contribution in [1.82, 2.24) is 9.78 Å². The molecule has 7 heteroatoms. The van der Waals surface area contributed by atoms with Crippen molar-refractivity contribution in [2.24, 2.45) is 0 Å². The van der Waals surface area contributed by atoms with Gasteiger partial charge in [0.15, 0.2) is 23.7 Å². The Morgan fingerprint density at radius 3 is 2.33 bits per heavy atom. The van der Waals surface area contributed by atoms with Crippen molar-refractivity contribution in [2.75, 3.05) is 0 Å². The molecule has 1 heterocycles. The number of nitrogens with zero attached hydrogens (tertiary/aromatic N) is 2.